The van der Waals surface area contributed by atoms with E-state index >= 15 is 0 Å². The lowest BCUT2D eigenvalue weighted by Crippen LogP contribution is -2.43. The summed E-state index contributed by atoms with van der Waals surface area (Å²) in [5.41, 5.74) is 0. The number of ether oxygens (including phenoxy) is 1. The van der Waals surface area contributed by atoms with Crippen molar-refractivity contribution >= 4 is 39.3 Å². The van der Waals surface area contributed by atoms with Gasteiger partial charge in [0.05, 0.1) is 6.61 Å². The number of H-pyrrole nitrogens is 1. The number of piperidine rings is 1. The topological polar surface area (TPSA) is 117 Å². The molecule has 2 heterocycles. The molecule has 1 aromatic carbocycles. The number of amides is 1. The van der Waals surface area contributed by atoms with Gasteiger partial charge in [0, 0.05) is 36.3 Å². The summed E-state index contributed by atoms with van der Waals surface area (Å²) in [7, 11) is -3.76. The molecule has 1 aromatic heterocycles. The standard InChI is InChI=1S/C18H24ClN5O4S2/c1-2-28-15-4-3-14(19)11-16(15)30(26,27)24-8-5-13(6-9-24)17(25)20-7-10-29-18-21-12-22-23-18/h3-4,11-13H,2,5-10H2,1H3,(H,20,25)(H,21,22,23). The van der Waals surface area contributed by atoms with E-state index in [1.807, 2.05) is 0 Å². The highest BCUT2D eigenvalue weighted by Crippen LogP contribution is 2.32. The molecule has 0 bridgehead atoms. The van der Waals surface area contributed by atoms with Crippen LogP contribution in [-0.2, 0) is 14.8 Å². The van der Waals surface area contributed by atoms with Gasteiger partial charge in [0.1, 0.15) is 17.0 Å². The number of hydrogen-bond donors (Lipinski definition) is 2. The zero-order valence-corrected chi connectivity index (χ0v) is 18.9. The summed E-state index contributed by atoms with van der Waals surface area (Å²) in [6.45, 7) is 3.18. The maximum absolute atomic E-state index is 13.1. The van der Waals surface area contributed by atoms with Crippen LogP contribution in [0.4, 0.5) is 0 Å². The molecular formula is C18H24ClN5O4S2. The molecule has 1 aliphatic rings. The predicted octanol–water partition coefficient (Wildman–Crippen LogP) is 2.17. The fourth-order valence-electron chi connectivity index (χ4n) is 3.19. The van der Waals surface area contributed by atoms with Gasteiger partial charge < -0.3 is 10.1 Å². The molecule has 0 aliphatic carbocycles. The van der Waals surface area contributed by atoms with Crippen molar-refractivity contribution in [2.45, 2.75) is 29.8 Å². The third-order valence-corrected chi connectivity index (χ3v) is 7.71. The zero-order valence-electron chi connectivity index (χ0n) is 16.5. The van der Waals surface area contributed by atoms with Gasteiger partial charge in [-0.3, -0.25) is 9.89 Å². The van der Waals surface area contributed by atoms with Crippen LogP contribution in [0.5, 0.6) is 5.75 Å². The van der Waals surface area contributed by atoms with Gasteiger partial charge in [-0.1, -0.05) is 23.4 Å². The second-order valence-electron chi connectivity index (χ2n) is 6.63. The van der Waals surface area contributed by atoms with Crippen molar-refractivity contribution < 1.29 is 17.9 Å². The van der Waals surface area contributed by atoms with E-state index < -0.39 is 10.0 Å². The Morgan fingerprint density at radius 3 is 2.83 bits per heavy atom. The second-order valence-corrected chi connectivity index (χ2v) is 10.1. The van der Waals surface area contributed by atoms with Gasteiger partial charge >= 0.3 is 0 Å². The first-order valence-electron chi connectivity index (χ1n) is 9.60. The molecule has 3 rings (SSSR count). The van der Waals surface area contributed by atoms with Crippen LogP contribution in [-0.4, -0.2) is 65.8 Å². The van der Waals surface area contributed by atoms with E-state index in [0.29, 0.717) is 41.9 Å². The second kappa shape index (κ2) is 10.5. The molecular weight excluding hydrogens is 450 g/mol. The van der Waals surface area contributed by atoms with E-state index in [9.17, 15) is 13.2 Å². The van der Waals surface area contributed by atoms with Gasteiger partial charge in [-0.2, -0.15) is 9.40 Å². The van der Waals surface area contributed by atoms with E-state index in [-0.39, 0.29) is 35.6 Å². The Kier molecular flexibility index (Phi) is 7.98. The first-order chi connectivity index (χ1) is 14.4. The zero-order chi connectivity index (χ0) is 21.6. The normalized spacial score (nSPS) is 15.8. The number of carbonyl (C=O) groups is 1. The average Bonchev–Trinajstić information content (AvgIpc) is 3.26. The van der Waals surface area contributed by atoms with E-state index in [1.54, 1.807) is 19.1 Å². The molecule has 1 aliphatic heterocycles. The van der Waals surface area contributed by atoms with E-state index in [0.717, 1.165) is 0 Å². The summed E-state index contributed by atoms with van der Waals surface area (Å²) in [6.07, 6.45) is 2.36. The van der Waals surface area contributed by atoms with Gasteiger partial charge in [0.15, 0.2) is 5.16 Å². The Labute approximate surface area is 185 Å². The van der Waals surface area contributed by atoms with Crippen molar-refractivity contribution in [2.24, 2.45) is 5.92 Å². The van der Waals surface area contributed by atoms with E-state index in [4.69, 9.17) is 16.3 Å². The van der Waals surface area contributed by atoms with Crippen molar-refractivity contribution in [3.05, 3.63) is 29.5 Å². The smallest absolute Gasteiger partial charge is 0.246 e. The molecule has 30 heavy (non-hydrogen) atoms. The predicted molar refractivity (Wildman–Crippen MR) is 114 cm³/mol. The highest BCUT2D eigenvalue weighted by Gasteiger charge is 2.33. The fourth-order valence-corrected chi connectivity index (χ4v) is 5.69. The Balaban J connectivity index is 1.53. The lowest BCUT2D eigenvalue weighted by atomic mass is 9.97. The van der Waals surface area contributed by atoms with E-state index in [2.05, 4.69) is 20.5 Å². The van der Waals surface area contributed by atoms with Crippen molar-refractivity contribution in [3.63, 3.8) is 0 Å². The molecule has 1 amide bonds. The number of rotatable bonds is 9. The van der Waals surface area contributed by atoms with Gasteiger partial charge in [0.25, 0.3) is 0 Å². The molecule has 9 nitrogen and oxygen atoms in total. The number of hydrogen-bond acceptors (Lipinski definition) is 7. The fraction of sp³-hybridized carbons (Fsp3) is 0.500. The van der Waals surface area contributed by atoms with E-state index in [1.165, 1.54) is 28.5 Å². The van der Waals surface area contributed by atoms with Crippen LogP contribution >= 0.6 is 23.4 Å². The average molecular weight is 474 g/mol. The van der Waals surface area contributed by atoms with Crippen molar-refractivity contribution in [1.82, 2.24) is 24.8 Å². The first-order valence-corrected chi connectivity index (χ1v) is 12.4. The van der Waals surface area contributed by atoms with Gasteiger partial charge in [0.2, 0.25) is 15.9 Å². The van der Waals surface area contributed by atoms with Crippen LogP contribution in [0.1, 0.15) is 19.8 Å². The van der Waals surface area contributed by atoms with Gasteiger partial charge in [-0.15, -0.1) is 0 Å². The summed E-state index contributed by atoms with van der Waals surface area (Å²) in [5, 5.41) is 10.4. The summed E-state index contributed by atoms with van der Waals surface area (Å²) < 4.78 is 33.1. The Morgan fingerprint density at radius 2 is 2.17 bits per heavy atom. The third kappa shape index (κ3) is 5.65. The largest absolute Gasteiger partial charge is 0.492 e. The quantitative estimate of drug-likeness (QED) is 0.423. The number of nitrogens with one attached hydrogen (secondary N) is 2. The molecule has 2 N–H and O–H groups in total. The molecule has 0 atom stereocenters. The summed E-state index contributed by atoms with van der Waals surface area (Å²) in [4.78, 5) is 16.5. The minimum atomic E-state index is -3.76. The summed E-state index contributed by atoms with van der Waals surface area (Å²) in [6, 6.07) is 4.57. The number of aromatic nitrogens is 3. The Morgan fingerprint density at radius 1 is 1.40 bits per heavy atom. The van der Waals surface area contributed by atoms with Crippen LogP contribution in [0.25, 0.3) is 0 Å². The third-order valence-electron chi connectivity index (χ3n) is 4.68. The minimum Gasteiger partial charge on any atom is -0.492 e. The monoisotopic (exact) mass is 473 g/mol. The van der Waals surface area contributed by atoms with Crippen LogP contribution < -0.4 is 10.1 Å². The lowest BCUT2D eigenvalue weighted by molar-refractivity contribution is -0.125. The molecule has 0 radical (unpaired) electrons. The number of nitrogens with zero attached hydrogens (tertiary/aromatic N) is 3. The maximum Gasteiger partial charge on any atom is 0.246 e. The highest BCUT2D eigenvalue weighted by atomic mass is 35.5. The SMILES string of the molecule is CCOc1ccc(Cl)cc1S(=O)(=O)N1CCC(C(=O)NCCSc2ncn[nH]2)CC1. The minimum absolute atomic E-state index is 0.0528. The molecule has 12 heteroatoms. The molecule has 0 saturated carbocycles. The highest BCUT2D eigenvalue weighted by molar-refractivity contribution is 7.99. The molecule has 164 valence electrons. The summed E-state index contributed by atoms with van der Waals surface area (Å²) >= 11 is 7.49. The molecule has 1 fully saturated rings. The first kappa shape index (κ1) is 22.9. The molecule has 0 unspecified atom stereocenters. The number of sulfonamides is 1. The van der Waals surface area contributed by atoms with Gasteiger partial charge in [-0.25, -0.2) is 13.4 Å². The van der Waals surface area contributed by atoms with Crippen molar-refractivity contribution in [3.8, 4) is 5.75 Å². The number of thioether (sulfide) groups is 1. The lowest BCUT2D eigenvalue weighted by Gasteiger charge is -2.31. The molecule has 1 saturated heterocycles. The van der Waals surface area contributed by atoms with Crippen LogP contribution in [0.15, 0.2) is 34.6 Å². The van der Waals surface area contributed by atoms with Crippen LogP contribution in [0.3, 0.4) is 0 Å². The van der Waals surface area contributed by atoms with Crippen LogP contribution in [0, 0.1) is 5.92 Å². The Hall–Kier alpha value is -1.82. The van der Waals surface area contributed by atoms with Crippen molar-refractivity contribution in [2.75, 3.05) is 32.0 Å². The maximum atomic E-state index is 13.1. The number of halogens is 1. The number of aromatic amines is 1. The number of carbonyl (C=O) groups excluding carboxylic acids is 1. The molecule has 2 aromatic rings. The summed E-state index contributed by atoms with van der Waals surface area (Å²) in [5.74, 6) is 0.690. The van der Waals surface area contributed by atoms with Gasteiger partial charge in [-0.05, 0) is 38.0 Å². The van der Waals surface area contributed by atoms with Crippen molar-refractivity contribution in [1.29, 1.82) is 0 Å². The number of benzene rings is 1. The molecule has 0 spiro atoms. The van der Waals surface area contributed by atoms with Crippen LogP contribution in [0.2, 0.25) is 5.02 Å². The Bertz CT molecular complexity index is 947.